The average Bonchev–Trinajstić information content (AvgIpc) is 3.28. The molecule has 0 radical (unpaired) electrons. The summed E-state index contributed by atoms with van der Waals surface area (Å²) in [5.41, 5.74) is 1.31. The zero-order valence-electron chi connectivity index (χ0n) is 19.7. The molecule has 1 aliphatic carbocycles. The van der Waals surface area contributed by atoms with E-state index in [4.69, 9.17) is 14.2 Å². The van der Waals surface area contributed by atoms with E-state index in [1.807, 2.05) is 13.1 Å². The lowest BCUT2D eigenvalue weighted by atomic mass is 9.69. The highest BCUT2D eigenvalue weighted by molar-refractivity contribution is 14.0. The van der Waals surface area contributed by atoms with Crippen molar-refractivity contribution in [2.24, 2.45) is 10.4 Å². The van der Waals surface area contributed by atoms with Gasteiger partial charge in [0, 0.05) is 44.2 Å². The summed E-state index contributed by atoms with van der Waals surface area (Å²) in [6.45, 7) is 3.19. The van der Waals surface area contributed by atoms with Crippen LogP contribution >= 0.6 is 24.0 Å². The highest BCUT2D eigenvalue weighted by Gasteiger charge is 2.36. The number of nitrogens with one attached hydrogen (secondary N) is 2. The fourth-order valence-electron chi connectivity index (χ4n) is 5.02. The van der Waals surface area contributed by atoms with Crippen LogP contribution in [0.5, 0.6) is 11.5 Å². The van der Waals surface area contributed by atoms with Gasteiger partial charge in [0.2, 0.25) is 0 Å². The Bertz CT molecular complexity index is 732. The minimum absolute atomic E-state index is 0. The highest BCUT2D eigenvalue weighted by atomic mass is 127. The molecule has 1 heterocycles. The highest BCUT2D eigenvalue weighted by Crippen LogP contribution is 2.42. The molecule has 1 aliphatic heterocycles. The normalized spacial score (nSPS) is 22.7. The first-order valence-electron chi connectivity index (χ1n) is 11.5. The molecule has 1 atom stereocenters. The van der Waals surface area contributed by atoms with E-state index in [-0.39, 0.29) is 41.4 Å². The monoisotopic (exact) mass is 561 g/mol. The van der Waals surface area contributed by atoms with Crippen LogP contribution in [0.3, 0.4) is 0 Å². The second-order valence-corrected chi connectivity index (χ2v) is 8.97. The molecule has 0 aromatic heterocycles. The summed E-state index contributed by atoms with van der Waals surface area (Å²) < 4.78 is 16.6. The summed E-state index contributed by atoms with van der Waals surface area (Å²) in [6.07, 6.45) is 7.70. The molecule has 3 rings (SSSR count). The van der Waals surface area contributed by atoms with Gasteiger partial charge in [0.25, 0.3) is 0 Å². The lowest BCUT2D eigenvalue weighted by Gasteiger charge is -2.39. The van der Waals surface area contributed by atoms with Crippen LogP contribution in [0.15, 0.2) is 23.2 Å². The fraction of sp³-hybridized carbons (Fsp3) is 0.708. The van der Waals surface area contributed by atoms with E-state index < -0.39 is 0 Å². The molecular weight excluding hydrogens is 521 g/mol. The van der Waals surface area contributed by atoms with Gasteiger partial charge in [-0.15, -0.1) is 24.0 Å². The molecule has 8 heteroatoms. The Morgan fingerprint density at radius 2 is 1.78 bits per heavy atom. The third-order valence-electron chi connectivity index (χ3n) is 7.08. The van der Waals surface area contributed by atoms with Gasteiger partial charge < -0.3 is 30.0 Å². The van der Waals surface area contributed by atoms with Crippen molar-refractivity contribution < 1.29 is 19.3 Å². The van der Waals surface area contributed by atoms with E-state index in [1.54, 1.807) is 14.2 Å². The number of halogens is 1. The number of ether oxygens (including phenoxy) is 3. The molecule has 0 bridgehead atoms. The van der Waals surface area contributed by atoms with Crippen LogP contribution in [0, 0.1) is 5.41 Å². The third-order valence-corrected chi connectivity index (χ3v) is 7.08. The molecular formula is C24H40IN3O4. The molecule has 1 saturated carbocycles. The van der Waals surface area contributed by atoms with Gasteiger partial charge in [0.05, 0.1) is 20.8 Å². The van der Waals surface area contributed by atoms with E-state index in [2.05, 4.69) is 27.8 Å². The summed E-state index contributed by atoms with van der Waals surface area (Å²) in [6, 6.07) is 6.32. The van der Waals surface area contributed by atoms with Gasteiger partial charge in [-0.05, 0) is 43.4 Å². The maximum absolute atomic E-state index is 9.48. The Kier molecular flexibility index (Phi) is 10.8. The summed E-state index contributed by atoms with van der Waals surface area (Å²) in [4.78, 5) is 4.46. The molecule has 3 N–H and O–H groups in total. The number of aliphatic hydroxyl groups excluding tert-OH is 1. The molecule has 1 unspecified atom stereocenters. The van der Waals surface area contributed by atoms with Crippen molar-refractivity contribution in [1.82, 2.24) is 10.6 Å². The number of nitrogens with zero attached hydrogens (tertiary/aromatic N) is 1. The van der Waals surface area contributed by atoms with Gasteiger partial charge >= 0.3 is 0 Å². The van der Waals surface area contributed by atoms with Crippen molar-refractivity contribution >= 4 is 29.9 Å². The second kappa shape index (κ2) is 12.8. The number of hydrogen-bond acceptors (Lipinski definition) is 5. The van der Waals surface area contributed by atoms with Crippen LogP contribution < -0.4 is 20.1 Å². The van der Waals surface area contributed by atoms with Gasteiger partial charge in [-0.3, -0.25) is 4.99 Å². The molecule has 2 fully saturated rings. The van der Waals surface area contributed by atoms with Gasteiger partial charge in [-0.2, -0.15) is 0 Å². The first-order chi connectivity index (χ1) is 15.1. The van der Waals surface area contributed by atoms with Crippen LogP contribution in [0.1, 0.15) is 50.5 Å². The summed E-state index contributed by atoms with van der Waals surface area (Å²) >= 11 is 0. The smallest absolute Gasteiger partial charge is 0.191 e. The maximum Gasteiger partial charge on any atom is 0.191 e. The van der Waals surface area contributed by atoms with Crippen molar-refractivity contribution in [3.63, 3.8) is 0 Å². The van der Waals surface area contributed by atoms with Crippen molar-refractivity contribution in [2.45, 2.75) is 50.4 Å². The first kappa shape index (κ1) is 27.0. The molecule has 0 amide bonds. The van der Waals surface area contributed by atoms with Gasteiger partial charge in [0.15, 0.2) is 17.5 Å². The SMILES string of the molecule is CN=C(NCC1(CCO)CCOC1)NCC1(c2ccc(OC)c(OC)c2)CCCCC1.I. The fourth-order valence-corrected chi connectivity index (χ4v) is 5.02. The van der Waals surface area contributed by atoms with Crippen LogP contribution in [-0.4, -0.2) is 65.2 Å². The summed E-state index contributed by atoms with van der Waals surface area (Å²) in [7, 11) is 5.17. The van der Waals surface area contributed by atoms with E-state index >= 15 is 0 Å². The minimum atomic E-state index is -0.0156. The standard InChI is InChI=1S/C24H39N3O4.HI/c1-25-22(26-16-23(11-13-28)12-14-31-18-23)27-17-24(9-5-4-6-10-24)19-7-8-20(29-2)21(15-19)30-3;/h7-8,15,28H,4-6,9-14,16-18H2,1-3H3,(H2,25,26,27);1H. The third kappa shape index (κ3) is 6.41. The average molecular weight is 562 g/mol. The van der Waals surface area contributed by atoms with Crippen LogP contribution in [-0.2, 0) is 10.2 Å². The van der Waals surface area contributed by atoms with Crippen molar-refractivity contribution in [3.8, 4) is 11.5 Å². The number of aliphatic hydroxyl groups is 1. The topological polar surface area (TPSA) is 84.3 Å². The van der Waals surface area contributed by atoms with Gasteiger partial charge in [0.1, 0.15) is 0 Å². The van der Waals surface area contributed by atoms with Gasteiger partial charge in [-0.1, -0.05) is 25.3 Å². The molecule has 1 aromatic rings. The quantitative estimate of drug-likeness (QED) is 0.243. The second-order valence-electron chi connectivity index (χ2n) is 8.97. The van der Waals surface area contributed by atoms with E-state index in [9.17, 15) is 5.11 Å². The molecule has 1 saturated heterocycles. The lowest BCUT2D eigenvalue weighted by Crippen LogP contribution is -2.49. The van der Waals surface area contributed by atoms with Crippen LogP contribution in [0.2, 0.25) is 0 Å². The first-order valence-corrected chi connectivity index (χ1v) is 11.5. The van der Waals surface area contributed by atoms with Gasteiger partial charge in [-0.25, -0.2) is 0 Å². The molecule has 182 valence electrons. The number of methoxy groups -OCH3 is 2. The molecule has 0 spiro atoms. The van der Waals surface area contributed by atoms with E-state index in [0.717, 1.165) is 62.8 Å². The zero-order valence-corrected chi connectivity index (χ0v) is 22.1. The zero-order chi connectivity index (χ0) is 22.2. The number of aliphatic imine (C=N–C) groups is 1. The Morgan fingerprint density at radius 3 is 2.38 bits per heavy atom. The summed E-state index contributed by atoms with van der Waals surface area (Å²) in [5.74, 6) is 2.34. The Morgan fingerprint density at radius 1 is 1.06 bits per heavy atom. The molecule has 1 aromatic carbocycles. The number of guanidine groups is 1. The maximum atomic E-state index is 9.48. The van der Waals surface area contributed by atoms with Crippen LogP contribution in [0.4, 0.5) is 0 Å². The Balaban J connectivity index is 0.00000363. The lowest BCUT2D eigenvalue weighted by molar-refractivity contribution is 0.127. The number of rotatable bonds is 9. The Hall–Kier alpha value is -1.26. The molecule has 7 nitrogen and oxygen atoms in total. The van der Waals surface area contributed by atoms with E-state index in [1.165, 1.54) is 24.8 Å². The van der Waals surface area contributed by atoms with Crippen molar-refractivity contribution in [3.05, 3.63) is 23.8 Å². The minimum Gasteiger partial charge on any atom is -0.493 e. The van der Waals surface area contributed by atoms with Crippen molar-refractivity contribution in [1.29, 1.82) is 0 Å². The largest absolute Gasteiger partial charge is 0.493 e. The predicted molar refractivity (Wildman–Crippen MR) is 139 cm³/mol. The number of hydrogen-bond donors (Lipinski definition) is 3. The molecule has 32 heavy (non-hydrogen) atoms. The van der Waals surface area contributed by atoms with Crippen molar-refractivity contribution in [2.75, 3.05) is 54.2 Å². The molecule has 2 aliphatic rings. The van der Waals surface area contributed by atoms with Crippen LogP contribution in [0.25, 0.3) is 0 Å². The number of benzene rings is 1. The predicted octanol–water partition coefficient (Wildman–Crippen LogP) is 3.48. The Labute approximate surface area is 209 Å². The van der Waals surface area contributed by atoms with E-state index in [0.29, 0.717) is 6.61 Å². The summed E-state index contributed by atoms with van der Waals surface area (Å²) in [5, 5.41) is 16.6.